The molecule has 5 nitrogen and oxygen atoms in total. The first-order chi connectivity index (χ1) is 13.0. The van der Waals surface area contributed by atoms with Crippen LogP contribution in [0.5, 0.6) is 0 Å². The van der Waals surface area contributed by atoms with Crippen molar-refractivity contribution in [3.05, 3.63) is 76.7 Å². The predicted octanol–water partition coefficient (Wildman–Crippen LogP) is 3.15. The standard InChI is InChI=1S/C21H20FN3O2/c1-13-7-8-15-12-17(14(2)25-19(15)11-13)21(27)24-10-9-23-20(26)16-5-3-4-6-18(16)22/h3-8,11-12H,9-10H2,1-2H3,(H,23,26)(H,24,27). The normalized spacial score (nSPS) is 10.6. The van der Waals surface area contributed by atoms with Gasteiger partial charge in [0.2, 0.25) is 0 Å². The third-order valence-electron chi connectivity index (χ3n) is 4.22. The second kappa shape index (κ2) is 7.95. The number of nitrogens with zero attached hydrogens (tertiary/aromatic N) is 1. The quantitative estimate of drug-likeness (QED) is 0.683. The summed E-state index contributed by atoms with van der Waals surface area (Å²) in [5, 5.41) is 6.23. The van der Waals surface area contributed by atoms with Gasteiger partial charge in [0.05, 0.1) is 22.3 Å². The zero-order chi connectivity index (χ0) is 19.4. The van der Waals surface area contributed by atoms with Crippen molar-refractivity contribution in [2.24, 2.45) is 0 Å². The Bertz CT molecular complexity index is 1020. The first kappa shape index (κ1) is 18.5. The van der Waals surface area contributed by atoms with Crippen molar-refractivity contribution < 1.29 is 14.0 Å². The van der Waals surface area contributed by atoms with E-state index < -0.39 is 11.7 Å². The molecule has 138 valence electrons. The molecule has 2 amide bonds. The van der Waals surface area contributed by atoms with Crippen molar-refractivity contribution in [1.82, 2.24) is 15.6 Å². The fourth-order valence-corrected chi connectivity index (χ4v) is 2.79. The van der Waals surface area contributed by atoms with E-state index >= 15 is 0 Å². The van der Waals surface area contributed by atoms with Crippen LogP contribution in [0.25, 0.3) is 10.9 Å². The number of aromatic nitrogens is 1. The number of hydrogen-bond donors (Lipinski definition) is 2. The molecule has 0 unspecified atom stereocenters. The second-order valence-electron chi connectivity index (χ2n) is 6.31. The van der Waals surface area contributed by atoms with Crippen LogP contribution >= 0.6 is 0 Å². The lowest BCUT2D eigenvalue weighted by molar-refractivity contribution is 0.0925. The minimum atomic E-state index is -0.577. The summed E-state index contributed by atoms with van der Waals surface area (Å²) in [7, 11) is 0. The molecule has 2 N–H and O–H groups in total. The predicted molar refractivity (Wildman–Crippen MR) is 102 cm³/mol. The highest BCUT2D eigenvalue weighted by Crippen LogP contribution is 2.18. The average Bonchev–Trinajstić information content (AvgIpc) is 2.64. The third-order valence-corrected chi connectivity index (χ3v) is 4.22. The fraction of sp³-hybridized carbons (Fsp3) is 0.190. The van der Waals surface area contributed by atoms with Crippen LogP contribution in [0.15, 0.2) is 48.5 Å². The van der Waals surface area contributed by atoms with Gasteiger partial charge < -0.3 is 10.6 Å². The SMILES string of the molecule is Cc1ccc2cc(C(=O)NCCNC(=O)c3ccccc3F)c(C)nc2c1. The van der Waals surface area contributed by atoms with E-state index in [-0.39, 0.29) is 24.6 Å². The lowest BCUT2D eigenvalue weighted by Gasteiger charge is -2.10. The summed E-state index contributed by atoms with van der Waals surface area (Å²) in [6.07, 6.45) is 0. The van der Waals surface area contributed by atoms with Crippen LogP contribution < -0.4 is 10.6 Å². The van der Waals surface area contributed by atoms with Crippen molar-refractivity contribution in [3.8, 4) is 0 Å². The summed E-state index contributed by atoms with van der Waals surface area (Å²) < 4.78 is 13.6. The van der Waals surface area contributed by atoms with E-state index in [1.807, 2.05) is 31.2 Å². The zero-order valence-corrected chi connectivity index (χ0v) is 15.2. The Morgan fingerprint density at radius 2 is 1.59 bits per heavy atom. The highest BCUT2D eigenvalue weighted by molar-refractivity contribution is 5.98. The molecule has 1 aromatic heterocycles. The Labute approximate surface area is 156 Å². The second-order valence-corrected chi connectivity index (χ2v) is 6.31. The maximum atomic E-state index is 13.6. The number of aryl methyl sites for hydroxylation is 2. The number of pyridine rings is 1. The maximum Gasteiger partial charge on any atom is 0.254 e. The molecule has 3 rings (SSSR count). The van der Waals surface area contributed by atoms with Crippen LogP contribution in [0, 0.1) is 19.7 Å². The average molecular weight is 365 g/mol. The maximum absolute atomic E-state index is 13.6. The Kier molecular flexibility index (Phi) is 5.45. The van der Waals surface area contributed by atoms with Crippen molar-refractivity contribution >= 4 is 22.7 Å². The molecule has 1 heterocycles. The minimum Gasteiger partial charge on any atom is -0.350 e. The number of benzene rings is 2. The molecule has 0 spiro atoms. The molecular weight excluding hydrogens is 345 g/mol. The van der Waals surface area contributed by atoms with Gasteiger partial charge in [-0.05, 0) is 43.7 Å². The fourth-order valence-electron chi connectivity index (χ4n) is 2.79. The molecular formula is C21H20FN3O2. The van der Waals surface area contributed by atoms with Gasteiger partial charge >= 0.3 is 0 Å². The van der Waals surface area contributed by atoms with E-state index in [1.54, 1.807) is 13.0 Å². The van der Waals surface area contributed by atoms with Gasteiger partial charge in [-0.1, -0.05) is 24.3 Å². The molecule has 0 aliphatic heterocycles. The Morgan fingerprint density at radius 1 is 0.926 bits per heavy atom. The number of hydrogen-bond acceptors (Lipinski definition) is 3. The minimum absolute atomic E-state index is 0.0197. The number of carbonyl (C=O) groups excluding carboxylic acids is 2. The number of carbonyl (C=O) groups is 2. The van der Waals surface area contributed by atoms with E-state index in [0.29, 0.717) is 11.3 Å². The largest absolute Gasteiger partial charge is 0.350 e. The molecule has 0 fully saturated rings. The van der Waals surface area contributed by atoms with Gasteiger partial charge in [-0.25, -0.2) is 4.39 Å². The summed E-state index contributed by atoms with van der Waals surface area (Å²) >= 11 is 0. The van der Waals surface area contributed by atoms with E-state index in [2.05, 4.69) is 15.6 Å². The Hall–Kier alpha value is -3.28. The van der Waals surface area contributed by atoms with Crippen LogP contribution in [-0.2, 0) is 0 Å². The van der Waals surface area contributed by atoms with Gasteiger partial charge in [0.25, 0.3) is 11.8 Å². The smallest absolute Gasteiger partial charge is 0.254 e. The van der Waals surface area contributed by atoms with E-state index in [1.165, 1.54) is 18.2 Å². The number of halogens is 1. The molecule has 0 aliphatic carbocycles. The first-order valence-electron chi connectivity index (χ1n) is 8.64. The number of rotatable bonds is 5. The number of amides is 2. The lowest BCUT2D eigenvalue weighted by Crippen LogP contribution is -2.35. The van der Waals surface area contributed by atoms with Gasteiger partial charge in [0.15, 0.2) is 0 Å². The molecule has 27 heavy (non-hydrogen) atoms. The molecule has 0 radical (unpaired) electrons. The topological polar surface area (TPSA) is 71.1 Å². The van der Waals surface area contributed by atoms with Crippen LogP contribution in [0.2, 0.25) is 0 Å². The molecule has 0 saturated carbocycles. The molecule has 0 aliphatic rings. The summed E-state index contributed by atoms with van der Waals surface area (Å²) in [5.41, 5.74) is 3.07. The van der Waals surface area contributed by atoms with E-state index in [9.17, 15) is 14.0 Å². The number of nitrogens with one attached hydrogen (secondary N) is 2. The van der Waals surface area contributed by atoms with Gasteiger partial charge in [0.1, 0.15) is 5.82 Å². The summed E-state index contributed by atoms with van der Waals surface area (Å²) in [6.45, 7) is 4.20. The molecule has 2 aromatic carbocycles. The molecule has 0 bridgehead atoms. The summed E-state index contributed by atoms with van der Waals surface area (Å²) in [6, 6.07) is 13.4. The summed E-state index contributed by atoms with van der Waals surface area (Å²) in [4.78, 5) is 28.8. The van der Waals surface area contributed by atoms with Crippen LogP contribution in [-0.4, -0.2) is 29.9 Å². The Morgan fingerprint density at radius 3 is 2.30 bits per heavy atom. The number of fused-ring (bicyclic) bond motifs is 1. The van der Waals surface area contributed by atoms with Crippen molar-refractivity contribution in [2.75, 3.05) is 13.1 Å². The highest BCUT2D eigenvalue weighted by Gasteiger charge is 2.13. The third kappa shape index (κ3) is 4.28. The van der Waals surface area contributed by atoms with Gasteiger partial charge in [0, 0.05) is 18.5 Å². The van der Waals surface area contributed by atoms with Crippen molar-refractivity contribution in [3.63, 3.8) is 0 Å². The van der Waals surface area contributed by atoms with Gasteiger partial charge in [-0.15, -0.1) is 0 Å². The molecule has 6 heteroatoms. The van der Waals surface area contributed by atoms with Crippen LogP contribution in [0.4, 0.5) is 4.39 Å². The summed E-state index contributed by atoms with van der Waals surface area (Å²) in [5.74, 6) is -1.35. The molecule has 0 atom stereocenters. The molecule has 0 saturated heterocycles. The monoisotopic (exact) mass is 365 g/mol. The van der Waals surface area contributed by atoms with E-state index in [4.69, 9.17) is 0 Å². The highest BCUT2D eigenvalue weighted by atomic mass is 19.1. The zero-order valence-electron chi connectivity index (χ0n) is 15.2. The van der Waals surface area contributed by atoms with Gasteiger partial charge in [-0.3, -0.25) is 14.6 Å². The van der Waals surface area contributed by atoms with Crippen molar-refractivity contribution in [1.29, 1.82) is 0 Å². The van der Waals surface area contributed by atoms with Crippen LogP contribution in [0.3, 0.4) is 0 Å². The lowest BCUT2D eigenvalue weighted by atomic mass is 10.1. The van der Waals surface area contributed by atoms with Gasteiger partial charge in [-0.2, -0.15) is 0 Å². The molecule has 3 aromatic rings. The van der Waals surface area contributed by atoms with Crippen LogP contribution in [0.1, 0.15) is 32.0 Å². The first-order valence-corrected chi connectivity index (χ1v) is 8.64. The van der Waals surface area contributed by atoms with Crippen molar-refractivity contribution in [2.45, 2.75) is 13.8 Å². The van der Waals surface area contributed by atoms with E-state index in [0.717, 1.165) is 16.5 Å². The Balaban J connectivity index is 1.59.